The van der Waals surface area contributed by atoms with Crippen LogP contribution < -0.4 is 16.4 Å². The van der Waals surface area contributed by atoms with Gasteiger partial charge in [0.1, 0.15) is 12.6 Å². The van der Waals surface area contributed by atoms with Gasteiger partial charge in [-0.2, -0.15) is 0 Å². The molecule has 0 fully saturated rings. The Balaban J connectivity index is 1.87. The monoisotopic (exact) mass is 412 g/mol. The molecule has 6 N–H and O–H groups in total. The van der Waals surface area contributed by atoms with Gasteiger partial charge < -0.3 is 26.2 Å². The Morgan fingerprint density at radius 3 is 2.10 bits per heavy atom. The topological polar surface area (TPSA) is 138 Å². The number of carboxylic acids is 1. The molecule has 0 spiro atoms. The lowest BCUT2D eigenvalue weighted by molar-refractivity contribution is -0.142. The maximum absolute atomic E-state index is 12.2. The van der Waals surface area contributed by atoms with Gasteiger partial charge >= 0.3 is 5.97 Å². The molecule has 0 aliphatic rings. The van der Waals surface area contributed by atoms with Crippen molar-refractivity contribution in [3.05, 3.63) is 71.8 Å². The van der Waals surface area contributed by atoms with Crippen LogP contribution in [0.5, 0.6) is 0 Å². The molecule has 0 aliphatic carbocycles. The molecule has 0 heterocycles. The Labute approximate surface area is 175 Å². The third kappa shape index (κ3) is 7.92. The van der Waals surface area contributed by atoms with E-state index in [2.05, 4.69) is 10.6 Å². The number of guanidine groups is 1. The molecule has 0 aliphatic heterocycles. The molecular formula is C22H28N4O4. The maximum atomic E-state index is 12.2. The number of nitrogens with one attached hydrogen (secondary N) is 3. The largest absolute Gasteiger partial charge is 0.480 e. The summed E-state index contributed by atoms with van der Waals surface area (Å²) >= 11 is 0. The predicted molar refractivity (Wildman–Crippen MR) is 114 cm³/mol. The third-order valence-electron chi connectivity index (χ3n) is 4.54. The maximum Gasteiger partial charge on any atom is 0.326 e. The van der Waals surface area contributed by atoms with Crippen LogP contribution in [0.1, 0.15) is 29.9 Å². The fraction of sp³-hybridized carbons (Fsp3) is 0.318. The van der Waals surface area contributed by atoms with Gasteiger partial charge in [0.05, 0.1) is 6.61 Å². The number of hydrogen-bond acceptors (Lipinski definition) is 4. The first-order chi connectivity index (χ1) is 14.5. The number of carboxylic acid groups (broad SMARTS) is 1. The molecule has 0 saturated carbocycles. The minimum atomic E-state index is -1.11. The molecule has 0 bridgehead atoms. The van der Waals surface area contributed by atoms with Crippen LogP contribution in [-0.4, -0.2) is 48.7 Å². The van der Waals surface area contributed by atoms with Gasteiger partial charge in [-0.25, -0.2) is 4.79 Å². The van der Waals surface area contributed by atoms with E-state index < -0.39 is 17.9 Å². The van der Waals surface area contributed by atoms with E-state index in [1.165, 1.54) is 0 Å². The van der Waals surface area contributed by atoms with Gasteiger partial charge in [-0.05, 0) is 24.0 Å². The highest BCUT2D eigenvalue weighted by Crippen LogP contribution is 2.24. The molecule has 8 nitrogen and oxygen atoms in total. The standard InChI is InChI=1S/C22H28N4O4/c23-22(24)25-13-7-12-19(21(28)29)26-20(27)15-30-14-18(16-8-3-1-4-9-16)17-10-5-2-6-11-17/h1-6,8-11,18-19H,7,12-15H2,(H,26,27)(H,28,29)(H4,23,24,25). The van der Waals surface area contributed by atoms with Crippen LogP contribution in [0.2, 0.25) is 0 Å². The van der Waals surface area contributed by atoms with Crippen molar-refractivity contribution in [1.29, 1.82) is 5.41 Å². The van der Waals surface area contributed by atoms with Gasteiger partial charge in [-0.1, -0.05) is 60.7 Å². The van der Waals surface area contributed by atoms with Crippen molar-refractivity contribution in [3.8, 4) is 0 Å². The fourth-order valence-corrected chi connectivity index (χ4v) is 3.05. The van der Waals surface area contributed by atoms with Crippen LogP contribution in [0.25, 0.3) is 0 Å². The molecule has 2 rings (SSSR count). The number of carbonyl (C=O) groups excluding carboxylic acids is 1. The Morgan fingerprint density at radius 2 is 1.60 bits per heavy atom. The van der Waals surface area contributed by atoms with E-state index in [1.54, 1.807) is 0 Å². The van der Waals surface area contributed by atoms with Gasteiger partial charge in [-0.15, -0.1) is 0 Å². The summed E-state index contributed by atoms with van der Waals surface area (Å²) in [4.78, 5) is 23.6. The lowest BCUT2D eigenvalue weighted by Crippen LogP contribution is -2.43. The summed E-state index contributed by atoms with van der Waals surface area (Å²) in [7, 11) is 0. The zero-order valence-corrected chi connectivity index (χ0v) is 16.7. The highest BCUT2D eigenvalue weighted by atomic mass is 16.5. The minimum Gasteiger partial charge on any atom is -0.480 e. The molecule has 160 valence electrons. The number of aliphatic carboxylic acids is 1. The molecule has 0 saturated heterocycles. The summed E-state index contributed by atoms with van der Waals surface area (Å²) in [5, 5.41) is 21.5. The molecule has 1 amide bonds. The SMILES string of the molecule is N=C(N)NCCCC(NC(=O)COCC(c1ccccc1)c1ccccc1)C(=O)O. The van der Waals surface area contributed by atoms with Crippen LogP contribution in [0.3, 0.4) is 0 Å². The normalized spacial score (nSPS) is 11.6. The number of ether oxygens (including phenoxy) is 1. The van der Waals surface area contributed by atoms with Gasteiger partial charge in [0.25, 0.3) is 0 Å². The van der Waals surface area contributed by atoms with Crippen LogP contribution in [-0.2, 0) is 14.3 Å². The first-order valence-electron chi connectivity index (χ1n) is 9.75. The van der Waals surface area contributed by atoms with Crippen molar-refractivity contribution in [1.82, 2.24) is 10.6 Å². The summed E-state index contributed by atoms with van der Waals surface area (Å²) in [6.45, 7) is 0.425. The number of nitrogens with two attached hydrogens (primary N) is 1. The highest BCUT2D eigenvalue weighted by molar-refractivity contribution is 5.84. The first kappa shape index (κ1) is 22.9. The Morgan fingerprint density at radius 1 is 1.03 bits per heavy atom. The Kier molecular flexibility index (Phi) is 9.33. The van der Waals surface area contributed by atoms with E-state index in [0.717, 1.165) is 11.1 Å². The third-order valence-corrected chi connectivity index (χ3v) is 4.54. The summed E-state index contributed by atoms with van der Waals surface area (Å²) in [6, 6.07) is 18.7. The van der Waals surface area contributed by atoms with E-state index in [9.17, 15) is 14.7 Å². The summed E-state index contributed by atoms with van der Waals surface area (Å²) in [5.41, 5.74) is 7.33. The molecule has 8 heteroatoms. The number of hydrogen-bond donors (Lipinski definition) is 5. The molecule has 1 unspecified atom stereocenters. The first-order valence-corrected chi connectivity index (χ1v) is 9.75. The van der Waals surface area contributed by atoms with Crippen molar-refractivity contribution in [2.45, 2.75) is 24.8 Å². The van der Waals surface area contributed by atoms with E-state index in [0.29, 0.717) is 19.6 Å². The molecule has 2 aromatic carbocycles. The van der Waals surface area contributed by atoms with Gasteiger partial charge in [0.2, 0.25) is 5.91 Å². The van der Waals surface area contributed by atoms with Gasteiger partial charge in [-0.3, -0.25) is 10.2 Å². The van der Waals surface area contributed by atoms with Crippen molar-refractivity contribution in [3.63, 3.8) is 0 Å². The number of amides is 1. The average molecular weight is 412 g/mol. The van der Waals surface area contributed by atoms with Gasteiger partial charge in [0, 0.05) is 12.5 Å². The number of benzene rings is 2. The van der Waals surface area contributed by atoms with E-state index in [-0.39, 0.29) is 24.9 Å². The zero-order chi connectivity index (χ0) is 21.8. The fourth-order valence-electron chi connectivity index (χ4n) is 3.05. The summed E-state index contributed by atoms with van der Waals surface area (Å²) in [6.07, 6.45) is 0.666. The predicted octanol–water partition coefficient (Wildman–Crippen LogP) is 1.67. The number of rotatable bonds is 12. The molecular weight excluding hydrogens is 384 g/mol. The van der Waals surface area contributed by atoms with Crippen molar-refractivity contribution >= 4 is 17.8 Å². The van der Waals surface area contributed by atoms with Gasteiger partial charge in [0.15, 0.2) is 5.96 Å². The van der Waals surface area contributed by atoms with Crippen molar-refractivity contribution in [2.24, 2.45) is 5.73 Å². The quantitative estimate of drug-likeness (QED) is 0.204. The molecule has 1 atom stereocenters. The second-order valence-electron chi connectivity index (χ2n) is 6.83. The molecule has 2 aromatic rings. The molecule has 0 aromatic heterocycles. The Bertz CT molecular complexity index is 775. The lowest BCUT2D eigenvalue weighted by Gasteiger charge is -2.19. The zero-order valence-electron chi connectivity index (χ0n) is 16.7. The Hall–Kier alpha value is -3.39. The van der Waals surface area contributed by atoms with Crippen molar-refractivity contribution < 1.29 is 19.4 Å². The van der Waals surface area contributed by atoms with E-state index >= 15 is 0 Å². The van der Waals surface area contributed by atoms with Crippen LogP contribution in [0.4, 0.5) is 0 Å². The van der Waals surface area contributed by atoms with Crippen molar-refractivity contribution in [2.75, 3.05) is 19.8 Å². The molecule has 0 radical (unpaired) electrons. The minimum absolute atomic E-state index is 0.0341. The summed E-state index contributed by atoms with van der Waals surface area (Å²) < 4.78 is 5.64. The highest BCUT2D eigenvalue weighted by Gasteiger charge is 2.20. The number of carbonyl (C=O) groups is 2. The lowest BCUT2D eigenvalue weighted by atomic mass is 9.92. The molecule has 30 heavy (non-hydrogen) atoms. The van der Waals surface area contributed by atoms with E-state index in [1.807, 2.05) is 60.7 Å². The second kappa shape index (κ2) is 12.2. The second-order valence-corrected chi connectivity index (χ2v) is 6.83. The average Bonchev–Trinajstić information content (AvgIpc) is 2.74. The van der Waals surface area contributed by atoms with Crippen LogP contribution in [0.15, 0.2) is 60.7 Å². The van der Waals surface area contributed by atoms with E-state index in [4.69, 9.17) is 15.9 Å². The van der Waals surface area contributed by atoms with Crippen LogP contribution in [0, 0.1) is 5.41 Å². The smallest absolute Gasteiger partial charge is 0.326 e. The summed E-state index contributed by atoms with van der Waals surface area (Å²) in [5.74, 6) is -1.81. The van der Waals surface area contributed by atoms with Crippen LogP contribution >= 0.6 is 0 Å².